The number of fused-ring (bicyclic) bond motifs is 3. The van der Waals surface area contributed by atoms with Crippen molar-refractivity contribution in [2.24, 2.45) is 0 Å². The highest BCUT2D eigenvalue weighted by molar-refractivity contribution is 7.99. The Hall–Kier alpha value is -1.72. The Morgan fingerprint density at radius 3 is 3.08 bits per heavy atom. The maximum Gasteiger partial charge on any atom is 0.123 e. The van der Waals surface area contributed by atoms with Gasteiger partial charge in [0.25, 0.3) is 0 Å². The van der Waals surface area contributed by atoms with Crippen LogP contribution < -0.4 is 15.5 Å². The van der Waals surface area contributed by atoms with Gasteiger partial charge in [0.2, 0.25) is 0 Å². The summed E-state index contributed by atoms with van der Waals surface area (Å²) >= 11 is 1.98. The maximum absolute atomic E-state index is 13.4. The predicted octanol–water partition coefficient (Wildman–Crippen LogP) is 4.64. The molecule has 0 spiro atoms. The number of halogens is 1. The third kappa shape index (κ3) is 2.69. The standard InChI is InChI=1S/C21H24FN3S/c1-13-9-14(22)3-4-18(13)24-15-10-16-17-12-23-6-5-19(17)25-7-2-8-26-20(11-15)21(16)25/h3-4,9-11,17,19,23-24H,2,5-8,12H2,1H3/t17-,19-/m0/s1. The molecule has 3 nitrogen and oxygen atoms in total. The van der Waals surface area contributed by atoms with Gasteiger partial charge in [-0.05, 0) is 73.5 Å². The minimum Gasteiger partial charge on any atom is -0.367 e. The van der Waals surface area contributed by atoms with Gasteiger partial charge in [0.15, 0.2) is 0 Å². The first-order valence-electron chi connectivity index (χ1n) is 9.52. The molecule has 5 heteroatoms. The molecule has 0 amide bonds. The fourth-order valence-electron chi connectivity index (χ4n) is 4.72. The van der Waals surface area contributed by atoms with E-state index >= 15 is 0 Å². The van der Waals surface area contributed by atoms with Gasteiger partial charge >= 0.3 is 0 Å². The van der Waals surface area contributed by atoms with Crippen LogP contribution >= 0.6 is 11.8 Å². The summed E-state index contributed by atoms with van der Waals surface area (Å²) in [5.41, 5.74) is 5.99. The molecular weight excluding hydrogens is 345 g/mol. The summed E-state index contributed by atoms with van der Waals surface area (Å²) in [6, 6.07) is 10.2. The largest absolute Gasteiger partial charge is 0.367 e. The molecule has 0 saturated carbocycles. The fourth-order valence-corrected chi connectivity index (χ4v) is 5.80. The van der Waals surface area contributed by atoms with Crippen LogP contribution in [0.25, 0.3) is 0 Å². The number of hydrogen-bond acceptors (Lipinski definition) is 4. The van der Waals surface area contributed by atoms with Crippen molar-refractivity contribution in [3.8, 4) is 0 Å². The molecule has 2 atom stereocenters. The van der Waals surface area contributed by atoms with E-state index in [1.54, 1.807) is 6.07 Å². The number of anilines is 3. The molecule has 3 aliphatic rings. The van der Waals surface area contributed by atoms with Crippen LogP contribution in [0.1, 0.15) is 29.9 Å². The van der Waals surface area contributed by atoms with E-state index in [1.165, 1.54) is 47.4 Å². The monoisotopic (exact) mass is 369 g/mol. The van der Waals surface area contributed by atoms with Crippen LogP contribution in [0.4, 0.5) is 21.5 Å². The lowest BCUT2D eigenvalue weighted by atomic mass is 9.90. The van der Waals surface area contributed by atoms with Crippen molar-refractivity contribution in [2.75, 3.05) is 35.6 Å². The second-order valence-electron chi connectivity index (χ2n) is 7.56. The number of aryl methyl sites for hydroxylation is 1. The highest BCUT2D eigenvalue weighted by atomic mass is 32.2. The summed E-state index contributed by atoms with van der Waals surface area (Å²) < 4.78 is 13.4. The average Bonchev–Trinajstić information content (AvgIpc) is 2.80. The lowest BCUT2D eigenvalue weighted by Crippen LogP contribution is -2.44. The van der Waals surface area contributed by atoms with E-state index in [4.69, 9.17) is 0 Å². The Morgan fingerprint density at radius 2 is 2.19 bits per heavy atom. The zero-order valence-electron chi connectivity index (χ0n) is 15.0. The van der Waals surface area contributed by atoms with Crippen LogP contribution in [-0.4, -0.2) is 31.4 Å². The molecule has 136 valence electrons. The van der Waals surface area contributed by atoms with Crippen LogP contribution in [0.15, 0.2) is 35.2 Å². The summed E-state index contributed by atoms with van der Waals surface area (Å²) in [6.45, 7) is 5.31. The Bertz CT molecular complexity index is 853. The second-order valence-corrected chi connectivity index (χ2v) is 8.70. The quantitative estimate of drug-likeness (QED) is 0.806. The van der Waals surface area contributed by atoms with Crippen LogP contribution in [-0.2, 0) is 0 Å². The smallest absolute Gasteiger partial charge is 0.123 e. The first kappa shape index (κ1) is 16.5. The van der Waals surface area contributed by atoms with E-state index in [0.29, 0.717) is 12.0 Å². The Balaban J connectivity index is 1.57. The van der Waals surface area contributed by atoms with Crippen molar-refractivity contribution in [2.45, 2.75) is 36.6 Å². The van der Waals surface area contributed by atoms with Gasteiger partial charge in [-0.2, -0.15) is 0 Å². The van der Waals surface area contributed by atoms with Crippen LogP contribution in [0.3, 0.4) is 0 Å². The molecule has 0 bridgehead atoms. The van der Waals surface area contributed by atoms with Crippen LogP contribution in [0.2, 0.25) is 0 Å². The van der Waals surface area contributed by atoms with Gasteiger partial charge in [0.1, 0.15) is 5.82 Å². The van der Waals surface area contributed by atoms with E-state index in [2.05, 4.69) is 27.7 Å². The van der Waals surface area contributed by atoms with Crippen molar-refractivity contribution in [1.82, 2.24) is 5.32 Å². The van der Waals surface area contributed by atoms with Crippen molar-refractivity contribution >= 4 is 28.8 Å². The first-order chi connectivity index (χ1) is 12.7. The fraction of sp³-hybridized carbons (Fsp3) is 0.429. The Morgan fingerprint density at radius 1 is 1.27 bits per heavy atom. The van der Waals surface area contributed by atoms with Crippen molar-refractivity contribution in [3.05, 3.63) is 47.3 Å². The molecule has 0 unspecified atom stereocenters. The van der Waals surface area contributed by atoms with E-state index in [0.717, 1.165) is 30.0 Å². The number of nitrogens with one attached hydrogen (secondary N) is 2. The highest BCUT2D eigenvalue weighted by Gasteiger charge is 2.41. The van der Waals surface area contributed by atoms with E-state index in [9.17, 15) is 4.39 Å². The van der Waals surface area contributed by atoms with Gasteiger partial charge in [0, 0.05) is 41.3 Å². The normalized spacial score (nSPS) is 24.0. The summed E-state index contributed by atoms with van der Waals surface area (Å²) in [4.78, 5) is 4.08. The van der Waals surface area contributed by atoms with Crippen molar-refractivity contribution < 1.29 is 4.39 Å². The number of thioether (sulfide) groups is 1. The van der Waals surface area contributed by atoms with Gasteiger partial charge in [0.05, 0.1) is 5.69 Å². The van der Waals surface area contributed by atoms with Gasteiger partial charge < -0.3 is 15.5 Å². The molecule has 0 aromatic heterocycles. The van der Waals surface area contributed by atoms with Gasteiger partial charge in [-0.25, -0.2) is 4.39 Å². The molecule has 2 N–H and O–H groups in total. The number of rotatable bonds is 2. The van der Waals surface area contributed by atoms with E-state index in [1.807, 2.05) is 24.8 Å². The number of hydrogen-bond donors (Lipinski definition) is 2. The molecule has 2 aromatic rings. The minimum atomic E-state index is -0.184. The first-order valence-corrected chi connectivity index (χ1v) is 10.5. The van der Waals surface area contributed by atoms with Gasteiger partial charge in [-0.1, -0.05) is 0 Å². The molecule has 1 fully saturated rings. The Labute approximate surface area is 158 Å². The number of piperidine rings is 1. The number of benzene rings is 2. The van der Waals surface area contributed by atoms with E-state index < -0.39 is 0 Å². The predicted molar refractivity (Wildman–Crippen MR) is 108 cm³/mol. The Kier molecular flexibility index (Phi) is 4.09. The SMILES string of the molecule is Cc1cc(F)ccc1Nc1cc2c3c(c1)[C@@H]1CNCC[C@@H]1N3CCCS2. The number of nitrogens with zero attached hydrogens (tertiary/aromatic N) is 1. The average molecular weight is 370 g/mol. The minimum absolute atomic E-state index is 0.184. The summed E-state index contributed by atoms with van der Waals surface area (Å²) in [5.74, 6) is 1.57. The molecular formula is C21H24FN3S. The zero-order valence-corrected chi connectivity index (χ0v) is 15.8. The molecule has 26 heavy (non-hydrogen) atoms. The van der Waals surface area contributed by atoms with Gasteiger partial charge in [-0.3, -0.25) is 0 Å². The van der Waals surface area contributed by atoms with E-state index in [-0.39, 0.29) is 5.82 Å². The summed E-state index contributed by atoms with van der Waals surface area (Å²) in [7, 11) is 0. The second kappa shape index (κ2) is 6.46. The van der Waals surface area contributed by atoms with Crippen molar-refractivity contribution in [3.63, 3.8) is 0 Å². The molecule has 3 aliphatic heterocycles. The third-order valence-corrected chi connectivity index (χ3v) is 7.02. The van der Waals surface area contributed by atoms with Crippen molar-refractivity contribution in [1.29, 1.82) is 0 Å². The molecule has 3 heterocycles. The molecule has 0 aliphatic carbocycles. The highest BCUT2D eigenvalue weighted by Crippen LogP contribution is 2.50. The molecule has 5 rings (SSSR count). The van der Waals surface area contributed by atoms with Crippen LogP contribution in [0, 0.1) is 12.7 Å². The molecule has 2 aromatic carbocycles. The lowest BCUT2D eigenvalue weighted by Gasteiger charge is -2.33. The third-order valence-electron chi connectivity index (χ3n) is 5.91. The topological polar surface area (TPSA) is 27.3 Å². The van der Waals surface area contributed by atoms with Crippen LogP contribution in [0.5, 0.6) is 0 Å². The lowest BCUT2D eigenvalue weighted by molar-refractivity contribution is 0.403. The summed E-state index contributed by atoms with van der Waals surface area (Å²) in [5, 5.41) is 7.13. The maximum atomic E-state index is 13.4. The molecule has 1 saturated heterocycles. The molecule has 0 radical (unpaired) electrons. The summed E-state index contributed by atoms with van der Waals surface area (Å²) in [6.07, 6.45) is 2.47. The zero-order chi connectivity index (χ0) is 17.7. The van der Waals surface area contributed by atoms with Gasteiger partial charge in [-0.15, -0.1) is 11.8 Å².